The summed E-state index contributed by atoms with van der Waals surface area (Å²) in [7, 11) is 2.21. The van der Waals surface area contributed by atoms with Crippen LogP contribution in [0.2, 0.25) is 0 Å². The fraction of sp³-hybridized carbons (Fsp3) is 0.950. The van der Waals surface area contributed by atoms with Gasteiger partial charge in [-0.15, -0.1) is 24.0 Å². The Balaban J connectivity index is 0.00000338. The molecule has 2 rings (SSSR count). The van der Waals surface area contributed by atoms with Crippen LogP contribution in [0.5, 0.6) is 0 Å². The molecule has 0 spiro atoms. The van der Waals surface area contributed by atoms with E-state index in [1.54, 1.807) is 0 Å². The minimum absolute atomic E-state index is 0. The van der Waals surface area contributed by atoms with Crippen molar-refractivity contribution in [2.45, 2.75) is 46.5 Å². The highest BCUT2D eigenvalue weighted by Crippen LogP contribution is 2.28. The first-order valence-electron chi connectivity index (χ1n) is 10.6. The van der Waals surface area contributed by atoms with Crippen LogP contribution >= 0.6 is 24.0 Å². The van der Waals surface area contributed by atoms with E-state index in [-0.39, 0.29) is 24.0 Å². The van der Waals surface area contributed by atoms with Crippen molar-refractivity contribution < 1.29 is 0 Å². The summed E-state index contributed by atoms with van der Waals surface area (Å²) >= 11 is 0. The van der Waals surface area contributed by atoms with Crippen LogP contribution in [0.3, 0.4) is 0 Å². The van der Waals surface area contributed by atoms with Gasteiger partial charge >= 0.3 is 0 Å². The standard InChI is InChI=1S/C20H41N5.HI/c1-5-21-20(23(4)17-19-9-7-18(3)8-10-19)22-11-12-25-15-13-24(6-2)14-16-25;/h18-19H,5-17H2,1-4H3,(H,21,22);1H. The number of nitrogens with zero attached hydrogens (tertiary/aromatic N) is 4. The van der Waals surface area contributed by atoms with E-state index in [0.717, 1.165) is 44.0 Å². The third-order valence-electron chi connectivity index (χ3n) is 5.95. The smallest absolute Gasteiger partial charge is 0.193 e. The first kappa shape index (κ1) is 24.0. The van der Waals surface area contributed by atoms with Crippen molar-refractivity contribution in [1.82, 2.24) is 20.0 Å². The summed E-state index contributed by atoms with van der Waals surface area (Å²) in [5.41, 5.74) is 0. The van der Waals surface area contributed by atoms with E-state index in [9.17, 15) is 0 Å². The summed E-state index contributed by atoms with van der Waals surface area (Å²) in [5, 5.41) is 3.48. The molecule has 2 fully saturated rings. The van der Waals surface area contributed by atoms with Gasteiger partial charge in [-0.25, -0.2) is 0 Å². The SMILES string of the molecule is CCNC(=NCCN1CCN(CC)CC1)N(C)CC1CCC(C)CC1.I. The van der Waals surface area contributed by atoms with Crippen LogP contribution in [0.25, 0.3) is 0 Å². The quantitative estimate of drug-likeness (QED) is 0.346. The molecule has 0 unspecified atom stereocenters. The highest BCUT2D eigenvalue weighted by Gasteiger charge is 2.20. The highest BCUT2D eigenvalue weighted by atomic mass is 127. The lowest BCUT2D eigenvalue weighted by molar-refractivity contribution is 0.140. The number of hydrogen-bond donors (Lipinski definition) is 1. The average Bonchev–Trinajstić information content (AvgIpc) is 2.63. The lowest BCUT2D eigenvalue weighted by atomic mass is 9.83. The molecule has 154 valence electrons. The van der Waals surface area contributed by atoms with Crippen LogP contribution < -0.4 is 5.32 Å². The summed E-state index contributed by atoms with van der Waals surface area (Å²) in [4.78, 5) is 12.4. The molecule has 0 amide bonds. The monoisotopic (exact) mass is 479 g/mol. The van der Waals surface area contributed by atoms with Gasteiger partial charge in [0.1, 0.15) is 0 Å². The second-order valence-electron chi connectivity index (χ2n) is 8.02. The Morgan fingerprint density at radius 1 is 1.04 bits per heavy atom. The second-order valence-corrected chi connectivity index (χ2v) is 8.02. The summed E-state index contributed by atoms with van der Waals surface area (Å²) < 4.78 is 0. The summed E-state index contributed by atoms with van der Waals surface area (Å²) in [5.74, 6) is 2.86. The van der Waals surface area contributed by atoms with Gasteiger partial charge in [0, 0.05) is 52.9 Å². The van der Waals surface area contributed by atoms with Gasteiger partial charge in [-0.05, 0) is 38.1 Å². The lowest BCUT2D eigenvalue weighted by Gasteiger charge is -2.34. The Labute approximate surface area is 179 Å². The number of hydrogen-bond acceptors (Lipinski definition) is 3. The van der Waals surface area contributed by atoms with Gasteiger partial charge in [-0.2, -0.15) is 0 Å². The van der Waals surface area contributed by atoms with Crippen LogP contribution in [0.4, 0.5) is 0 Å². The van der Waals surface area contributed by atoms with Crippen molar-refractivity contribution in [3.05, 3.63) is 0 Å². The van der Waals surface area contributed by atoms with E-state index in [1.165, 1.54) is 58.4 Å². The predicted octanol–water partition coefficient (Wildman–Crippen LogP) is 2.97. The van der Waals surface area contributed by atoms with Crippen LogP contribution in [0.1, 0.15) is 46.5 Å². The van der Waals surface area contributed by atoms with E-state index >= 15 is 0 Å². The van der Waals surface area contributed by atoms with Gasteiger partial charge < -0.3 is 15.1 Å². The predicted molar refractivity (Wildman–Crippen MR) is 124 cm³/mol. The number of guanidine groups is 1. The molecule has 0 atom stereocenters. The van der Waals surface area contributed by atoms with E-state index in [4.69, 9.17) is 4.99 Å². The molecular formula is C20H42IN5. The van der Waals surface area contributed by atoms with Crippen LogP contribution in [0, 0.1) is 11.8 Å². The van der Waals surface area contributed by atoms with Gasteiger partial charge in [0.2, 0.25) is 0 Å². The maximum Gasteiger partial charge on any atom is 0.193 e. The number of aliphatic imine (C=N–C) groups is 1. The molecule has 1 aliphatic heterocycles. The molecule has 26 heavy (non-hydrogen) atoms. The highest BCUT2D eigenvalue weighted by molar-refractivity contribution is 14.0. The first-order chi connectivity index (χ1) is 12.1. The lowest BCUT2D eigenvalue weighted by Crippen LogP contribution is -2.47. The summed E-state index contributed by atoms with van der Waals surface area (Å²) in [6, 6.07) is 0. The maximum atomic E-state index is 4.90. The third-order valence-corrected chi connectivity index (χ3v) is 5.95. The van der Waals surface area contributed by atoms with Crippen molar-refractivity contribution in [1.29, 1.82) is 0 Å². The molecule has 1 aliphatic carbocycles. The molecule has 0 radical (unpaired) electrons. The van der Waals surface area contributed by atoms with E-state index in [2.05, 4.69) is 47.8 Å². The van der Waals surface area contributed by atoms with Crippen molar-refractivity contribution >= 4 is 29.9 Å². The topological polar surface area (TPSA) is 34.1 Å². The number of likely N-dealkylation sites (N-methyl/N-ethyl adjacent to an activating group) is 1. The zero-order valence-electron chi connectivity index (χ0n) is 17.5. The normalized spacial score (nSPS) is 25.6. The summed E-state index contributed by atoms with van der Waals surface area (Å²) in [6.45, 7) is 16.9. The summed E-state index contributed by atoms with van der Waals surface area (Å²) in [6.07, 6.45) is 5.56. The Morgan fingerprint density at radius 3 is 2.23 bits per heavy atom. The number of halogens is 1. The van der Waals surface area contributed by atoms with Crippen molar-refractivity contribution in [3.63, 3.8) is 0 Å². The minimum Gasteiger partial charge on any atom is -0.357 e. The van der Waals surface area contributed by atoms with Crippen molar-refractivity contribution in [2.75, 3.05) is 66.0 Å². The fourth-order valence-corrected chi connectivity index (χ4v) is 4.08. The van der Waals surface area contributed by atoms with Crippen LogP contribution in [-0.2, 0) is 0 Å². The molecular weight excluding hydrogens is 437 g/mol. The van der Waals surface area contributed by atoms with Gasteiger partial charge in [-0.1, -0.05) is 26.7 Å². The molecule has 0 bridgehead atoms. The Morgan fingerprint density at radius 2 is 1.65 bits per heavy atom. The Hall–Kier alpha value is -0.0800. The molecule has 1 saturated heterocycles. The molecule has 1 saturated carbocycles. The molecule has 0 aromatic carbocycles. The minimum atomic E-state index is 0. The van der Waals surface area contributed by atoms with Crippen LogP contribution in [0.15, 0.2) is 4.99 Å². The van der Waals surface area contributed by atoms with Gasteiger partial charge in [0.15, 0.2) is 5.96 Å². The Bertz CT molecular complexity index is 388. The molecule has 6 heteroatoms. The van der Waals surface area contributed by atoms with E-state index in [0.29, 0.717) is 0 Å². The van der Waals surface area contributed by atoms with Crippen LogP contribution in [-0.4, -0.2) is 86.6 Å². The molecule has 5 nitrogen and oxygen atoms in total. The number of nitrogens with one attached hydrogen (secondary N) is 1. The maximum absolute atomic E-state index is 4.90. The third kappa shape index (κ3) is 8.30. The largest absolute Gasteiger partial charge is 0.357 e. The average molecular weight is 479 g/mol. The Kier molecular flexibility index (Phi) is 12.1. The van der Waals surface area contributed by atoms with Gasteiger partial charge in [0.25, 0.3) is 0 Å². The number of rotatable bonds is 7. The molecule has 1 heterocycles. The fourth-order valence-electron chi connectivity index (χ4n) is 4.08. The number of piperazine rings is 1. The van der Waals surface area contributed by atoms with E-state index in [1.807, 2.05) is 0 Å². The molecule has 0 aromatic rings. The molecule has 1 N–H and O–H groups in total. The van der Waals surface area contributed by atoms with E-state index < -0.39 is 0 Å². The molecule has 0 aromatic heterocycles. The zero-order chi connectivity index (χ0) is 18.1. The molecule has 2 aliphatic rings. The van der Waals surface area contributed by atoms with Crippen molar-refractivity contribution in [3.8, 4) is 0 Å². The van der Waals surface area contributed by atoms with Gasteiger partial charge in [-0.3, -0.25) is 9.89 Å². The van der Waals surface area contributed by atoms with Crippen molar-refractivity contribution in [2.24, 2.45) is 16.8 Å². The van der Waals surface area contributed by atoms with Gasteiger partial charge in [0.05, 0.1) is 6.54 Å². The zero-order valence-corrected chi connectivity index (χ0v) is 19.9. The second kappa shape index (κ2) is 13.2. The first-order valence-corrected chi connectivity index (χ1v) is 10.6.